The number of methoxy groups -OCH3 is 2. The van der Waals surface area contributed by atoms with Gasteiger partial charge in [0.15, 0.2) is 5.96 Å². The van der Waals surface area contributed by atoms with Gasteiger partial charge in [-0.15, -0.1) is 0 Å². The van der Waals surface area contributed by atoms with Crippen LogP contribution in [0.2, 0.25) is 0 Å². The Morgan fingerprint density at radius 1 is 1.14 bits per heavy atom. The Balaban J connectivity index is 1.53. The summed E-state index contributed by atoms with van der Waals surface area (Å²) in [6, 6.07) is 14.8. The van der Waals surface area contributed by atoms with E-state index in [1.807, 2.05) is 19.2 Å². The van der Waals surface area contributed by atoms with Gasteiger partial charge in [0.2, 0.25) is 0 Å². The van der Waals surface area contributed by atoms with Crippen molar-refractivity contribution in [2.24, 2.45) is 4.99 Å². The molecule has 0 bridgehead atoms. The van der Waals surface area contributed by atoms with Gasteiger partial charge in [-0.25, -0.2) is 0 Å². The number of guanidine groups is 1. The smallest absolute Gasteiger partial charge is 0.193 e. The molecule has 28 heavy (non-hydrogen) atoms. The summed E-state index contributed by atoms with van der Waals surface area (Å²) in [6.45, 7) is 4.93. The quantitative estimate of drug-likeness (QED) is 0.613. The van der Waals surface area contributed by atoms with E-state index in [9.17, 15) is 0 Å². The van der Waals surface area contributed by atoms with Crippen LogP contribution in [0.5, 0.6) is 11.5 Å². The predicted octanol–water partition coefficient (Wildman–Crippen LogP) is 3.62. The number of nitrogens with zero attached hydrogens (tertiary/aromatic N) is 2. The molecule has 0 saturated carbocycles. The Morgan fingerprint density at radius 3 is 2.61 bits per heavy atom. The first-order valence-corrected chi connectivity index (χ1v) is 9.87. The molecule has 1 aliphatic heterocycles. The van der Waals surface area contributed by atoms with Crippen molar-refractivity contribution in [1.82, 2.24) is 10.2 Å². The molecule has 0 aliphatic carbocycles. The van der Waals surface area contributed by atoms with E-state index in [4.69, 9.17) is 9.47 Å². The second-order valence-electron chi connectivity index (χ2n) is 7.23. The van der Waals surface area contributed by atoms with E-state index in [1.54, 1.807) is 14.2 Å². The Labute approximate surface area is 168 Å². The van der Waals surface area contributed by atoms with Crippen LogP contribution in [0, 0.1) is 6.92 Å². The molecule has 1 fully saturated rings. The fourth-order valence-corrected chi connectivity index (χ4v) is 3.77. The molecule has 150 valence electrons. The van der Waals surface area contributed by atoms with E-state index in [2.05, 4.69) is 52.5 Å². The summed E-state index contributed by atoms with van der Waals surface area (Å²) >= 11 is 0. The molecule has 1 unspecified atom stereocenters. The van der Waals surface area contributed by atoms with Crippen molar-refractivity contribution in [2.45, 2.75) is 25.7 Å². The molecule has 2 aromatic carbocycles. The summed E-state index contributed by atoms with van der Waals surface area (Å²) in [4.78, 5) is 6.84. The summed E-state index contributed by atoms with van der Waals surface area (Å²) in [5, 5.41) is 3.52. The van der Waals surface area contributed by atoms with E-state index in [1.165, 1.54) is 11.1 Å². The molecule has 0 spiro atoms. The summed E-state index contributed by atoms with van der Waals surface area (Å²) in [6.07, 6.45) is 2.08. The first kappa shape index (κ1) is 20.1. The predicted molar refractivity (Wildman–Crippen MR) is 115 cm³/mol. The highest BCUT2D eigenvalue weighted by Gasteiger charge is 2.25. The van der Waals surface area contributed by atoms with E-state index in [0.29, 0.717) is 5.92 Å². The zero-order valence-corrected chi connectivity index (χ0v) is 17.4. The summed E-state index contributed by atoms with van der Waals surface area (Å²) in [7, 11) is 5.28. The van der Waals surface area contributed by atoms with Gasteiger partial charge < -0.3 is 19.7 Å². The third-order valence-electron chi connectivity index (χ3n) is 5.46. The Bertz CT molecular complexity index is 802. The van der Waals surface area contributed by atoms with Gasteiger partial charge in [-0.1, -0.05) is 24.3 Å². The largest absolute Gasteiger partial charge is 0.497 e. The van der Waals surface area contributed by atoms with E-state index in [0.717, 1.165) is 55.5 Å². The fourth-order valence-electron chi connectivity index (χ4n) is 3.77. The summed E-state index contributed by atoms with van der Waals surface area (Å²) < 4.78 is 10.7. The van der Waals surface area contributed by atoms with Crippen LogP contribution < -0.4 is 14.8 Å². The molecule has 5 nitrogen and oxygen atoms in total. The first-order valence-electron chi connectivity index (χ1n) is 9.87. The molecule has 1 aliphatic rings. The summed E-state index contributed by atoms with van der Waals surface area (Å²) in [5.74, 6) is 3.37. The topological polar surface area (TPSA) is 46.1 Å². The van der Waals surface area contributed by atoms with Crippen molar-refractivity contribution in [3.63, 3.8) is 0 Å². The van der Waals surface area contributed by atoms with E-state index >= 15 is 0 Å². The summed E-state index contributed by atoms with van der Waals surface area (Å²) in [5.41, 5.74) is 3.80. The minimum absolute atomic E-state index is 0.533. The van der Waals surface area contributed by atoms with Gasteiger partial charge in [0.1, 0.15) is 11.5 Å². The zero-order valence-electron chi connectivity index (χ0n) is 17.4. The van der Waals surface area contributed by atoms with Crippen LogP contribution in [0.25, 0.3) is 0 Å². The van der Waals surface area contributed by atoms with Gasteiger partial charge in [-0.2, -0.15) is 0 Å². The monoisotopic (exact) mass is 381 g/mol. The van der Waals surface area contributed by atoms with Crippen molar-refractivity contribution in [3.8, 4) is 11.5 Å². The molecular weight excluding hydrogens is 350 g/mol. The Morgan fingerprint density at radius 2 is 1.93 bits per heavy atom. The van der Waals surface area contributed by atoms with Crippen LogP contribution in [0.4, 0.5) is 0 Å². The van der Waals surface area contributed by atoms with Crippen LogP contribution in [0.3, 0.4) is 0 Å². The molecular formula is C23H31N3O2. The van der Waals surface area contributed by atoms with Gasteiger partial charge in [0.05, 0.1) is 14.2 Å². The molecule has 1 heterocycles. The number of likely N-dealkylation sites (tertiary alicyclic amines) is 1. The first-order chi connectivity index (χ1) is 13.6. The Kier molecular flexibility index (Phi) is 6.80. The SMILES string of the molecule is CN=C(NCCc1ccc(C)c(OC)c1)N1CCC(c2ccc(OC)cc2)C1. The number of nitrogens with one attached hydrogen (secondary N) is 1. The van der Waals surface area contributed by atoms with Crippen LogP contribution in [-0.4, -0.2) is 51.8 Å². The number of aliphatic imine (C=N–C) groups is 1. The van der Waals surface area contributed by atoms with Crippen LogP contribution >= 0.6 is 0 Å². The highest BCUT2D eigenvalue weighted by atomic mass is 16.5. The molecule has 0 radical (unpaired) electrons. The standard InChI is InChI=1S/C23H31N3O2/c1-17-5-6-18(15-22(17)28-4)11-13-25-23(24-2)26-14-12-20(16-26)19-7-9-21(27-3)10-8-19/h5-10,15,20H,11-14,16H2,1-4H3,(H,24,25). The number of hydrogen-bond acceptors (Lipinski definition) is 3. The normalized spacial score (nSPS) is 16.9. The van der Waals surface area contributed by atoms with Crippen molar-refractivity contribution in [3.05, 3.63) is 59.2 Å². The van der Waals surface area contributed by atoms with E-state index < -0.39 is 0 Å². The van der Waals surface area contributed by atoms with Crippen molar-refractivity contribution in [1.29, 1.82) is 0 Å². The average molecular weight is 382 g/mol. The van der Waals surface area contributed by atoms with Crippen LogP contribution in [-0.2, 0) is 6.42 Å². The third-order valence-corrected chi connectivity index (χ3v) is 5.46. The molecule has 1 atom stereocenters. The molecule has 2 aromatic rings. The van der Waals surface area contributed by atoms with E-state index in [-0.39, 0.29) is 0 Å². The molecule has 0 aromatic heterocycles. The van der Waals surface area contributed by atoms with Gasteiger partial charge in [0, 0.05) is 32.6 Å². The number of rotatable bonds is 6. The maximum atomic E-state index is 5.42. The van der Waals surface area contributed by atoms with Crippen LogP contribution in [0.1, 0.15) is 29.0 Å². The number of hydrogen-bond donors (Lipinski definition) is 1. The van der Waals surface area contributed by atoms with Crippen molar-refractivity contribution in [2.75, 3.05) is 40.9 Å². The highest BCUT2D eigenvalue weighted by Crippen LogP contribution is 2.28. The minimum atomic E-state index is 0.533. The number of aryl methyl sites for hydroxylation is 1. The van der Waals surface area contributed by atoms with Crippen molar-refractivity contribution >= 4 is 5.96 Å². The lowest BCUT2D eigenvalue weighted by molar-refractivity contribution is 0.411. The zero-order chi connectivity index (χ0) is 19.9. The third kappa shape index (κ3) is 4.77. The molecule has 1 saturated heterocycles. The number of benzene rings is 2. The second kappa shape index (κ2) is 9.49. The Hall–Kier alpha value is -2.69. The number of ether oxygens (including phenoxy) is 2. The maximum Gasteiger partial charge on any atom is 0.193 e. The van der Waals surface area contributed by atoms with Crippen LogP contribution in [0.15, 0.2) is 47.5 Å². The highest BCUT2D eigenvalue weighted by molar-refractivity contribution is 5.80. The fraction of sp³-hybridized carbons (Fsp3) is 0.435. The lowest BCUT2D eigenvalue weighted by atomic mass is 9.98. The van der Waals surface area contributed by atoms with Gasteiger partial charge >= 0.3 is 0 Å². The van der Waals surface area contributed by atoms with Gasteiger partial charge in [-0.05, 0) is 54.7 Å². The maximum absolute atomic E-state index is 5.42. The van der Waals surface area contributed by atoms with Gasteiger partial charge in [-0.3, -0.25) is 4.99 Å². The van der Waals surface area contributed by atoms with Crippen molar-refractivity contribution < 1.29 is 9.47 Å². The minimum Gasteiger partial charge on any atom is -0.497 e. The average Bonchev–Trinajstić information content (AvgIpc) is 3.22. The molecule has 1 N–H and O–H groups in total. The second-order valence-corrected chi connectivity index (χ2v) is 7.23. The molecule has 5 heteroatoms. The molecule has 3 rings (SSSR count). The lowest BCUT2D eigenvalue weighted by Gasteiger charge is -2.22. The molecule has 0 amide bonds. The lowest BCUT2D eigenvalue weighted by Crippen LogP contribution is -2.40. The van der Waals surface area contributed by atoms with Gasteiger partial charge in [0.25, 0.3) is 0 Å².